The number of imidazole rings is 1. The summed E-state index contributed by atoms with van der Waals surface area (Å²) >= 11 is 6.46. The number of halogens is 4. The van der Waals surface area contributed by atoms with Gasteiger partial charge >= 0.3 is 5.92 Å². The fourth-order valence-corrected chi connectivity index (χ4v) is 5.74. The van der Waals surface area contributed by atoms with Crippen LogP contribution in [-0.4, -0.2) is 41.9 Å². The Labute approximate surface area is 222 Å². The Balaban J connectivity index is 1.61. The highest BCUT2D eigenvalue weighted by Gasteiger charge is 2.33. The third-order valence-electron chi connectivity index (χ3n) is 7.81. The first-order chi connectivity index (χ1) is 17.8. The van der Waals surface area contributed by atoms with Gasteiger partial charge in [-0.15, -0.1) is 0 Å². The Kier molecular flexibility index (Phi) is 9.57. The molecule has 1 saturated heterocycles. The fraction of sp³-hybridized carbons (Fsp3) is 0.643. The maximum Gasteiger partial charge on any atom is 0.301 e. The molecule has 2 aliphatic rings. The van der Waals surface area contributed by atoms with Crippen LogP contribution in [0.25, 0.3) is 11.4 Å². The van der Waals surface area contributed by atoms with Gasteiger partial charge in [0.25, 0.3) is 5.91 Å². The molecule has 4 rings (SSSR count). The summed E-state index contributed by atoms with van der Waals surface area (Å²) < 4.78 is 48.9. The summed E-state index contributed by atoms with van der Waals surface area (Å²) in [5.41, 5.74) is 0.773. The van der Waals surface area contributed by atoms with Gasteiger partial charge in [-0.3, -0.25) is 4.79 Å². The number of hydrogen-bond donors (Lipinski definition) is 1. The molecule has 1 atom stereocenters. The molecule has 1 aliphatic carbocycles. The molecule has 204 valence electrons. The van der Waals surface area contributed by atoms with Crippen LogP contribution >= 0.6 is 11.6 Å². The number of nitrogens with one attached hydrogen (secondary N) is 1. The van der Waals surface area contributed by atoms with E-state index in [4.69, 9.17) is 16.3 Å². The van der Waals surface area contributed by atoms with Gasteiger partial charge < -0.3 is 14.6 Å². The summed E-state index contributed by atoms with van der Waals surface area (Å²) in [5.74, 6) is -2.62. The molecular formula is C28H37ClF3N3O2. The predicted octanol–water partition coefficient (Wildman–Crippen LogP) is 7.09. The maximum atomic E-state index is 14.2. The number of alkyl halides is 3. The Morgan fingerprint density at radius 2 is 1.89 bits per heavy atom. The van der Waals surface area contributed by atoms with E-state index in [1.807, 2.05) is 11.5 Å². The van der Waals surface area contributed by atoms with Crippen molar-refractivity contribution in [3.05, 3.63) is 40.2 Å². The van der Waals surface area contributed by atoms with E-state index in [9.17, 15) is 18.0 Å². The van der Waals surface area contributed by atoms with E-state index in [0.717, 1.165) is 70.6 Å². The molecule has 9 heteroatoms. The highest BCUT2D eigenvalue weighted by molar-refractivity contribution is 6.33. The molecule has 2 aromatic rings. The lowest BCUT2D eigenvalue weighted by Gasteiger charge is -2.24. The Morgan fingerprint density at radius 1 is 1.14 bits per heavy atom. The lowest BCUT2D eigenvalue weighted by molar-refractivity contribution is -0.0280. The van der Waals surface area contributed by atoms with Gasteiger partial charge in [0.15, 0.2) is 6.67 Å². The largest absolute Gasteiger partial charge is 0.381 e. The smallest absolute Gasteiger partial charge is 0.301 e. The van der Waals surface area contributed by atoms with Gasteiger partial charge in [0, 0.05) is 43.1 Å². The summed E-state index contributed by atoms with van der Waals surface area (Å²) in [4.78, 5) is 17.9. The number of hydrogen-bond acceptors (Lipinski definition) is 3. The van der Waals surface area contributed by atoms with Crippen LogP contribution < -0.4 is 5.32 Å². The number of ether oxygens (including phenoxy) is 1. The number of carbonyl (C=O) groups is 1. The molecule has 1 aromatic heterocycles. The molecule has 0 radical (unpaired) electrons. The second-order valence-corrected chi connectivity index (χ2v) is 10.9. The molecule has 1 unspecified atom stereocenters. The quantitative estimate of drug-likeness (QED) is 0.370. The normalized spacial score (nSPS) is 19.5. The molecule has 2 heterocycles. The average Bonchev–Trinajstić information content (AvgIpc) is 3.05. The molecule has 1 saturated carbocycles. The molecule has 0 bridgehead atoms. The molecule has 2 fully saturated rings. The molecule has 0 spiro atoms. The van der Waals surface area contributed by atoms with Gasteiger partial charge in [0.1, 0.15) is 11.5 Å². The number of benzene rings is 1. The van der Waals surface area contributed by atoms with Crippen LogP contribution in [0.5, 0.6) is 0 Å². The zero-order valence-corrected chi connectivity index (χ0v) is 22.3. The monoisotopic (exact) mass is 539 g/mol. The fourth-order valence-electron chi connectivity index (χ4n) is 5.54. The lowest BCUT2D eigenvalue weighted by atomic mass is 9.89. The van der Waals surface area contributed by atoms with E-state index in [-0.39, 0.29) is 22.2 Å². The minimum atomic E-state index is -3.63. The zero-order chi connectivity index (χ0) is 26.4. The van der Waals surface area contributed by atoms with Crippen molar-refractivity contribution in [2.45, 2.75) is 77.2 Å². The van der Waals surface area contributed by atoms with Gasteiger partial charge in [-0.05, 0) is 69.4 Å². The molecule has 1 amide bonds. The van der Waals surface area contributed by atoms with Crippen LogP contribution in [0.3, 0.4) is 0 Å². The van der Waals surface area contributed by atoms with Gasteiger partial charge in [0.05, 0.1) is 5.02 Å². The zero-order valence-electron chi connectivity index (χ0n) is 21.5. The van der Waals surface area contributed by atoms with Crippen molar-refractivity contribution in [1.29, 1.82) is 0 Å². The van der Waals surface area contributed by atoms with E-state index in [2.05, 4.69) is 10.3 Å². The Hall–Kier alpha value is -2.06. The van der Waals surface area contributed by atoms with Crippen molar-refractivity contribution in [2.24, 2.45) is 11.8 Å². The van der Waals surface area contributed by atoms with Gasteiger partial charge in [-0.1, -0.05) is 36.9 Å². The average molecular weight is 540 g/mol. The lowest BCUT2D eigenvalue weighted by Crippen LogP contribution is -2.27. The maximum absolute atomic E-state index is 14.2. The molecule has 37 heavy (non-hydrogen) atoms. The number of nitrogens with zero attached hydrogens (tertiary/aromatic N) is 2. The summed E-state index contributed by atoms with van der Waals surface area (Å²) in [6, 6.07) is 3.69. The number of amides is 1. The van der Waals surface area contributed by atoms with Crippen LogP contribution in [0, 0.1) is 18.8 Å². The van der Waals surface area contributed by atoms with Crippen molar-refractivity contribution >= 4 is 17.5 Å². The minimum absolute atomic E-state index is 0.232. The van der Waals surface area contributed by atoms with Crippen LogP contribution in [-0.2, 0) is 17.2 Å². The van der Waals surface area contributed by atoms with Crippen LogP contribution in [0.4, 0.5) is 13.2 Å². The van der Waals surface area contributed by atoms with E-state index in [1.54, 1.807) is 0 Å². The van der Waals surface area contributed by atoms with Crippen molar-refractivity contribution < 1.29 is 22.7 Å². The third-order valence-corrected chi connectivity index (χ3v) is 8.14. The van der Waals surface area contributed by atoms with Gasteiger partial charge in [0.2, 0.25) is 0 Å². The molecule has 1 aliphatic heterocycles. The molecule has 5 nitrogen and oxygen atoms in total. The van der Waals surface area contributed by atoms with Crippen molar-refractivity contribution in [1.82, 2.24) is 14.9 Å². The van der Waals surface area contributed by atoms with Crippen molar-refractivity contribution in [3.63, 3.8) is 0 Å². The summed E-state index contributed by atoms with van der Waals surface area (Å²) in [6.45, 7) is 2.75. The first kappa shape index (κ1) is 28.0. The highest BCUT2D eigenvalue weighted by Crippen LogP contribution is 2.37. The third kappa shape index (κ3) is 6.88. The van der Waals surface area contributed by atoms with Crippen LogP contribution in [0.1, 0.15) is 79.5 Å². The molecule has 1 aromatic carbocycles. The topological polar surface area (TPSA) is 56.1 Å². The standard InChI is InChI=1S/C28H37ClF3N3O2/c1-19-25(27(36)33-13-11-20-8-5-14-37-15-12-20)34-26(35(19)17-21-6-3-2-4-7-21)23-16-22(9-10-24(23)29)28(31,32)18-30/h9-10,16,20-21H,2-8,11-15,17-18H2,1H3,(H,33,36). The highest BCUT2D eigenvalue weighted by atomic mass is 35.5. The van der Waals surface area contributed by atoms with E-state index >= 15 is 0 Å². The van der Waals surface area contributed by atoms with Crippen LogP contribution in [0.2, 0.25) is 5.02 Å². The Morgan fingerprint density at radius 3 is 2.65 bits per heavy atom. The van der Waals surface area contributed by atoms with Crippen molar-refractivity contribution in [2.75, 3.05) is 26.4 Å². The summed E-state index contributed by atoms with van der Waals surface area (Å²) in [7, 11) is 0. The number of aromatic nitrogens is 2. The molecular weight excluding hydrogens is 503 g/mol. The first-order valence-electron chi connectivity index (χ1n) is 13.5. The van der Waals surface area contributed by atoms with E-state index in [0.29, 0.717) is 36.4 Å². The van der Waals surface area contributed by atoms with Gasteiger partial charge in [-0.25, -0.2) is 9.37 Å². The molecule has 1 N–H and O–H groups in total. The van der Waals surface area contributed by atoms with Crippen LogP contribution in [0.15, 0.2) is 18.2 Å². The SMILES string of the molecule is Cc1c(C(=O)NCCC2CCCOCC2)nc(-c2cc(C(F)(F)CF)ccc2Cl)n1CC1CCCCC1. The second kappa shape index (κ2) is 12.7. The Bertz CT molecular complexity index is 1060. The predicted molar refractivity (Wildman–Crippen MR) is 139 cm³/mol. The van der Waals surface area contributed by atoms with E-state index in [1.165, 1.54) is 18.6 Å². The number of rotatable bonds is 9. The minimum Gasteiger partial charge on any atom is -0.381 e. The number of carbonyl (C=O) groups excluding carboxylic acids is 1. The first-order valence-corrected chi connectivity index (χ1v) is 13.8. The second-order valence-electron chi connectivity index (χ2n) is 10.5. The summed E-state index contributed by atoms with van der Waals surface area (Å²) in [6.07, 6.45) is 9.62. The summed E-state index contributed by atoms with van der Waals surface area (Å²) in [5, 5.41) is 3.24. The van der Waals surface area contributed by atoms with Crippen molar-refractivity contribution in [3.8, 4) is 11.4 Å². The van der Waals surface area contributed by atoms with Gasteiger partial charge in [-0.2, -0.15) is 8.78 Å². The van der Waals surface area contributed by atoms with E-state index < -0.39 is 18.2 Å².